The molecule has 0 heterocycles. The maximum Gasteiger partial charge on any atom is 0.407 e. The summed E-state index contributed by atoms with van der Waals surface area (Å²) in [6.45, 7) is 2.83. The van der Waals surface area contributed by atoms with Crippen molar-refractivity contribution < 1.29 is 9.53 Å². The van der Waals surface area contributed by atoms with E-state index in [0.717, 1.165) is 12.0 Å². The van der Waals surface area contributed by atoms with Crippen LogP contribution in [0.4, 0.5) is 10.5 Å². The Morgan fingerprint density at radius 1 is 1.44 bits per heavy atom. The van der Waals surface area contributed by atoms with Crippen LogP contribution in [-0.2, 0) is 11.3 Å². The summed E-state index contributed by atoms with van der Waals surface area (Å²) in [7, 11) is 0. The Morgan fingerprint density at radius 3 is 2.69 bits per heavy atom. The standard InChI is InChI=1S/C11H15N3O2/c1-2-7-13-11(15)16-8-9-3-5-10(14-12)6-4-9/h3-6,12H,2,7-8H2,1H3,(H,13,15). The molecule has 1 rings (SSSR count). The van der Waals surface area contributed by atoms with Crippen LogP contribution in [-0.4, -0.2) is 12.6 Å². The summed E-state index contributed by atoms with van der Waals surface area (Å²) < 4.78 is 4.98. The lowest BCUT2D eigenvalue weighted by atomic mass is 10.2. The predicted octanol–water partition coefficient (Wildman–Crippen LogP) is 2.99. The molecule has 0 spiro atoms. The highest BCUT2D eigenvalue weighted by molar-refractivity contribution is 5.67. The van der Waals surface area contributed by atoms with Crippen molar-refractivity contribution in [1.82, 2.24) is 5.32 Å². The number of benzene rings is 1. The molecular formula is C11H15N3O2. The zero-order valence-corrected chi connectivity index (χ0v) is 9.19. The van der Waals surface area contributed by atoms with E-state index in [1.807, 2.05) is 6.92 Å². The van der Waals surface area contributed by atoms with Crippen molar-refractivity contribution in [3.05, 3.63) is 29.8 Å². The monoisotopic (exact) mass is 221 g/mol. The molecule has 0 aliphatic carbocycles. The number of ether oxygens (including phenoxy) is 1. The summed E-state index contributed by atoms with van der Waals surface area (Å²) in [4.78, 5) is 11.1. The third-order valence-corrected chi connectivity index (χ3v) is 1.95. The van der Waals surface area contributed by atoms with Crippen molar-refractivity contribution in [2.24, 2.45) is 5.11 Å². The highest BCUT2D eigenvalue weighted by Crippen LogP contribution is 2.12. The van der Waals surface area contributed by atoms with Crippen LogP contribution in [0.5, 0.6) is 0 Å². The zero-order chi connectivity index (χ0) is 11.8. The van der Waals surface area contributed by atoms with Gasteiger partial charge in [0.2, 0.25) is 0 Å². The van der Waals surface area contributed by atoms with E-state index in [0.29, 0.717) is 12.2 Å². The Hall–Kier alpha value is -1.91. The van der Waals surface area contributed by atoms with Crippen LogP contribution >= 0.6 is 0 Å². The van der Waals surface area contributed by atoms with Crippen LogP contribution in [0, 0.1) is 5.53 Å². The molecule has 0 aromatic heterocycles. The minimum Gasteiger partial charge on any atom is -0.445 e. The predicted molar refractivity (Wildman–Crippen MR) is 59.7 cm³/mol. The van der Waals surface area contributed by atoms with Crippen LogP contribution in [0.15, 0.2) is 29.4 Å². The van der Waals surface area contributed by atoms with E-state index in [1.165, 1.54) is 0 Å². The number of hydrogen-bond donors (Lipinski definition) is 2. The Kier molecular flexibility index (Phi) is 4.98. The third-order valence-electron chi connectivity index (χ3n) is 1.95. The number of amides is 1. The van der Waals surface area contributed by atoms with E-state index in [-0.39, 0.29) is 6.61 Å². The van der Waals surface area contributed by atoms with Crippen molar-refractivity contribution in [2.75, 3.05) is 6.54 Å². The fourth-order valence-electron chi connectivity index (χ4n) is 1.09. The van der Waals surface area contributed by atoms with Gasteiger partial charge in [-0.2, -0.15) is 5.11 Å². The summed E-state index contributed by atoms with van der Waals surface area (Å²) in [5.41, 5.74) is 8.25. The van der Waals surface area contributed by atoms with E-state index in [1.54, 1.807) is 24.3 Å². The summed E-state index contributed by atoms with van der Waals surface area (Å²) >= 11 is 0. The van der Waals surface area contributed by atoms with E-state index in [2.05, 4.69) is 10.4 Å². The lowest BCUT2D eigenvalue weighted by Gasteiger charge is -2.05. The molecule has 0 aliphatic rings. The smallest absolute Gasteiger partial charge is 0.407 e. The van der Waals surface area contributed by atoms with Gasteiger partial charge in [0.05, 0.1) is 5.69 Å². The molecule has 1 aromatic carbocycles. The largest absolute Gasteiger partial charge is 0.445 e. The van der Waals surface area contributed by atoms with Gasteiger partial charge in [-0.25, -0.2) is 10.3 Å². The molecule has 0 radical (unpaired) electrons. The number of nitrogens with zero attached hydrogens (tertiary/aromatic N) is 1. The number of carbonyl (C=O) groups excluding carboxylic acids is 1. The SMILES string of the molecule is CCCNC(=O)OCc1ccc(N=N)cc1. The number of alkyl carbamates (subject to hydrolysis) is 1. The molecule has 0 aliphatic heterocycles. The first kappa shape index (κ1) is 12.2. The van der Waals surface area contributed by atoms with Crippen molar-refractivity contribution in [3.8, 4) is 0 Å². The van der Waals surface area contributed by atoms with Gasteiger partial charge < -0.3 is 10.1 Å². The van der Waals surface area contributed by atoms with Crippen LogP contribution < -0.4 is 5.32 Å². The molecule has 0 saturated carbocycles. The fraction of sp³-hybridized carbons (Fsp3) is 0.364. The van der Waals surface area contributed by atoms with Gasteiger partial charge in [0.25, 0.3) is 0 Å². The highest BCUT2D eigenvalue weighted by atomic mass is 16.5. The van der Waals surface area contributed by atoms with E-state index < -0.39 is 6.09 Å². The second-order valence-electron chi connectivity index (χ2n) is 3.28. The molecule has 1 amide bonds. The molecule has 2 N–H and O–H groups in total. The van der Waals surface area contributed by atoms with Gasteiger partial charge in [-0.05, 0) is 24.1 Å². The molecule has 0 unspecified atom stereocenters. The molecular weight excluding hydrogens is 206 g/mol. The van der Waals surface area contributed by atoms with E-state index in [4.69, 9.17) is 10.3 Å². The Bertz CT molecular complexity index is 349. The number of hydrogen-bond acceptors (Lipinski definition) is 4. The topological polar surface area (TPSA) is 74.5 Å². The van der Waals surface area contributed by atoms with Gasteiger partial charge in [-0.1, -0.05) is 19.1 Å². The van der Waals surface area contributed by atoms with Crippen LogP contribution in [0.1, 0.15) is 18.9 Å². The third kappa shape index (κ3) is 4.08. The van der Waals surface area contributed by atoms with Gasteiger partial charge >= 0.3 is 6.09 Å². The first-order chi connectivity index (χ1) is 7.76. The lowest BCUT2D eigenvalue weighted by molar-refractivity contribution is 0.139. The molecule has 86 valence electrons. The molecule has 0 saturated heterocycles. The first-order valence-corrected chi connectivity index (χ1v) is 5.13. The van der Waals surface area contributed by atoms with Crippen LogP contribution in [0.3, 0.4) is 0 Å². The Morgan fingerprint density at radius 2 is 2.12 bits per heavy atom. The number of rotatable bonds is 5. The average molecular weight is 221 g/mol. The second-order valence-corrected chi connectivity index (χ2v) is 3.28. The minimum absolute atomic E-state index is 0.230. The number of nitrogens with one attached hydrogen (secondary N) is 2. The minimum atomic E-state index is -0.406. The van der Waals surface area contributed by atoms with E-state index >= 15 is 0 Å². The van der Waals surface area contributed by atoms with Gasteiger partial charge in [0.15, 0.2) is 0 Å². The zero-order valence-electron chi connectivity index (χ0n) is 9.19. The fourth-order valence-corrected chi connectivity index (χ4v) is 1.09. The molecule has 5 nitrogen and oxygen atoms in total. The second kappa shape index (κ2) is 6.55. The first-order valence-electron chi connectivity index (χ1n) is 5.13. The molecule has 5 heteroatoms. The van der Waals surface area contributed by atoms with Crippen molar-refractivity contribution in [3.63, 3.8) is 0 Å². The van der Waals surface area contributed by atoms with Crippen molar-refractivity contribution in [2.45, 2.75) is 20.0 Å². The number of carbonyl (C=O) groups is 1. The summed E-state index contributed by atoms with van der Waals surface area (Å²) in [6.07, 6.45) is 0.477. The molecule has 0 bridgehead atoms. The van der Waals surface area contributed by atoms with Gasteiger partial charge in [0, 0.05) is 6.54 Å². The Labute approximate surface area is 94.3 Å². The normalized spacial score (nSPS) is 9.56. The van der Waals surface area contributed by atoms with Gasteiger partial charge in [0.1, 0.15) is 6.61 Å². The summed E-state index contributed by atoms with van der Waals surface area (Å²) in [5, 5.41) is 5.89. The summed E-state index contributed by atoms with van der Waals surface area (Å²) in [5.74, 6) is 0. The van der Waals surface area contributed by atoms with Crippen molar-refractivity contribution in [1.29, 1.82) is 5.53 Å². The van der Waals surface area contributed by atoms with Crippen LogP contribution in [0.25, 0.3) is 0 Å². The average Bonchev–Trinajstić information content (AvgIpc) is 2.34. The molecule has 0 fully saturated rings. The maximum atomic E-state index is 11.1. The Balaban J connectivity index is 2.36. The maximum absolute atomic E-state index is 11.1. The quantitative estimate of drug-likeness (QED) is 0.750. The van der Waals surface area contributed by atoms with E-state index in [9.17, 15) is 4.79 Å². The summed E-state index contributed by atoms with van der Waals surface area (Å²) in [6, 6.07) is 6.96. The van der Waals surface area contributed by atoms with Gasteiger partial charge in [-0.15, -0.1) is 0 Å². The molecule has 16 heavy (non-hydrogen) atoms. The molecule has 1 aromatic rings. The highest BCUT2D eigenvalue weighted by Gasteiger charge is 2.00. The lowest BCUT2D eigenvalue weighted by Crippen LogP contribution is -2.24. The van der Waals surface area contributed by atoms with Crippen molar-refractivity contribution >= 4 is 11.8 Å². The van der Waals surface area contributed by atoms with Crippen LogP contribution in [0.2, 0.25) is 0 Å². The molecule has 0 atom stereocenters. The van der Waals surface area contributed by atoms with Gasteiger partial charge in [-0.3, -0.25) is 0 Å².